The molecule has 236 valence electrons. The lowest BCUT2D eigenvalue weighted by molar-refractivity contribution is -0.140. The first-order valence-electron chi connectivity index (χ1n) is 14.8. The van der Waals surface area contributed by atoms with Gasteiger partial charge in [0.05, 0.1) is 10.6 Å². The number of nitrogens with zero attached hydrogens (tertiary/aromatic N) is 2. The summed E-state index contributed by atoms with van der Waals surface area (Å²) in [6, 6.07) is 29.1. The highest BCUT2D eigenvalue weighted by Gasteiger charge is 2.35. The zero-order chi connectivity index (χ0) is 32.8. The molecular weight excluding hydrogens is 606 g/mol. The zero-order valence-corrected chi connectivity index (χ0v) is 27.9. The molecule has 0 saturated heterocycles. The van der Waals surface area contributed by atoms with Crippen LogP contribution in [0.4, 0.5) is 5.69 Å². The molecule has 0 saturated carbocycles. The van der Waals surface area contributed by atoms with E-state index in [0.29, 0.717) is 5.02 Å². The summed E-state index contributed by atoms with van der Waals surface area (Å²) < 4.78 is 29.3. The van der Waals surface area contributed by atoms with Crippen molar-refractivity contribution in [1.82, 2.24) is 10.2 Å². The highest BCUT2D eigenvalue weighted by molar-refractivity contribution is 7.92. The van der Waals surface area contributed by atoms with Crippen molar-refractivity contribution >= 4 is 39.1 Å². The molecule has 0 aliphatic carbocycles. The number of anilines is 1. The molecule has 4 aromatic carbocycles. The summed E-state index contributed by atoms with van der Waals surface area (Å²) in [6.45, 7) is 9.06. The van der Waals surface area contributed by atoms with E-state index in [1.54, 1.807) is 36.4 Å². The molecule has 0 aromatic heterocycles. The van der Waals surface area contributed by atoms with Gasteiger partial charge in [0, 0.05) is 23.5 Å². The molecule has 45 heavy (non-hydrogen) atoms. The monoisotopic (exact) mass is 645 g/mol. The number of hydrogen-bond donors (Lipinski definition) is 1. The number of carbonyl (C=O) groups is 2. The summed E-state index contributed by atoms with van der Waals surface area (Å²) >= 11 is 6.14. The third-order valence-electron chi connectivity index (χ3n) is 7.25. The van der Waals surface area contributed by atoms with Gasteiger partial charge in [0.1, 0.15) is 12.6 Å². The molecule has 4 aromatic rings. The maximum absolute atomic E-state index is 14.5. The van der Waals surface area contributed by atoms with Crippen LogP contribution in [0.5, 0.6) is 0 Å². The smallest absolute Gasteiger partial charge is 0.264 e. The maximum atomic E-state index is 14.5. The Kier molecular flexibility index (Phi) is 10.7. The van der Waals surface area contributed by atoms with Crippen LogP contribution in [0.3, 0.4) is 0 Å². The van der Waals surface area contributed by atoms with Crippen LogP contribution in [0, 0.1) is 13.8 Å². The number of hydrogen-bond acceptors (Lipinski definition) is 4. The van der Waals surface area contributed by atoms with E-state index < -0.39 is 34.1 Å². The Morgan fingerprint density at radius 3 is 1.89 bits per heavy atom. The lowest BCUT2D eigenvalue weighted by Gasteiger charge is -2.35. The number of sulfonamides is 1. The fourth-order valence-electron chi connectivity index (χ4n) is 4.87. The van der Waals surface area contributed by atoms with Crippen LogP contribution in [0.2, 0.25) is 5.02 Å². The maximum Gasteiger partial charge on any atom is 0.264 e. The Morgan fingerprint density at radius 1 is 0.778 bits per heavy atom. The highest BCUT2D eigenvalue weighted by Crippen LogP contribution is 2.27. The minimum absolute atomic E-state index is 0.0484. The van der Waals surface area contributed by atoms with Crippen LogP contribution in [-0.2, 0) is 32.6 Å². The van der Waals surface area contributed by atoms with E-state index in [-0.39, 0.29) is 29.5 Å². The number of aryl methyl sites for hydroxylation is 2. The van der Waals surface area contributed by atoms with E-state index in [1.807, 2.05) is 89.2 Å². The van der Waals surface area contributed by atoms with Crippen LogP contribution in [0.25, 0.3) is 0 Å². The molecule has 2 amide bonds. The van der Waals surface area contributed by atoms with Gasteiger partial charge in [-0.05, 0) is 82.1 Å². The van der Waals surface area contributed by atoms with Crippen LogP contribution in [0.1, 0.15) is 43.0 Å². The van der Waals surface area contributed by atoms with Gasteiger partial charge < -0.3 is 10.2 Å². The highest BCUT2D eigenvalue weighted by atomic mass is 35.5. The van der Waals surface area contributed by atoms with Crippen LogP contribution < -0.4 is 9.62 Å². The first kappa shape index (κ1) is 33.7. The molecule has 0 bridgehead atoms. The Bertz CT molecular complexity index is 1700. The molecule has 0 aliphatic heterocycles. The van der Waals surface area contributed by atoms with E-state index in [9.17, 15) is 18.0 Å². The van der Waals surface area contributed by atoms with Crippen LogP contribution in [-0.4, -0.2) is 43.3 Å². The average Bonchev–Trinajstić information content (AvgIpc) is 2.99. The van der Waals surface area contributed by atoms with E-state index in [1.165, 1.54) is 17.0 Å². The van der Waals surface area contributed by atoms with Crippen molar-refractivity contribution < 1.29 is 18.0 Å². The van der Waals surface area contributed by atoms with Gasteiger partial charge in [0.15, 0.2) is 0 Å². The van der Waals surface area contributed by atoms with Gasteiger partial charge in [-0.2, -0.15) is 0 Å². The van der Waals surface area contributed by atoms with Crippen molar-refractivity contribution in [3.63, 3.8) is 0 Å². The lowest BCUT2D eigenvalue weighted by Crippen LogP contribution is -2.56. The number of carbonyl (C=O) groups excluding carboxylic acids is 2. The van der Waals surface area contributed by atoms with Gasteiger partial charge in [0.2, 0.25) is 11.8 Å². The van der Waals surface area contributed by atoms with Gasteiger partial charge in [-0.3, -0.25) is 13.9 Å². The SMILES string of the molecule is Cc1ccc(CN(C(=O)CN(c2ccc(Cl)cc2)S(=O)(=O)c2ccc(C)cc2)[C@@H](Cc2ccccc2)C(=O)NC(C)(C)C)cc1. The molecule has 0 spiro atoms. The summed E-state index contributed by atoms with van der Waals surface area (Å²) in [5.41, 5.74) is 3.36. The van der Waals surface area contributed by atoms with Crippen molar-refractivity contribution in [3.8, 4) is 0 Å². The first-order chi connectivity index (χ1) is 21.2. The van der Waals surface area contributed by atoms with Gasteiger partial charge in [0.25, 0.3) is 10.0 Å². The minimum Gasteiger partial charge on any atom is -0.350 e. The predicted octanol–water partition coefficient (Wildman–Crippen LogP) is 6.71. The largest absolute Gasteiger partial charge is 0.350 e. The number of amides is 2. The standard InChI is InChI=1S/C36H40ClN3O4S/c1-26-11-15-29(16-12-26)24-39(33(35(42)38-36(3,4)5)23-28-9-7-6-8-10-28)34(41)25-40(31-19-17-30(37)18-20-31)45(43,44)32-21-13-27(2)14-22-32/h6-22,33H,23-25H2,1-5H3,(H,38,42)/t33-/m0/s1. The van der Waals surface area contributed by atoms with Crippen molar-refractivity contribution in [2.24, 2.45) is 0 Å². The Labute approximate surface area is 271 Å². The van der Waals surface area contributed by atoms with Crippen molar-refractivity contribution in [3.05, 3.63) is 130 Å². The number of rotatable bonds is 11. The quantitative estimate of drug-likeness (QED) is 0.197. The summed E-state index contributed by atoms with van der Waals surface area (Å²) in [6.07, 6.45) is 0.242. The molecule has 0 aliphatic rings. The summed E-state index contributed by atoms with van der Waals surface area (Å²) in [4.78, 5) is 30.0. The third kappa shape index (κ3) is 9.19. The fraction of sp³-hybridized carbons (Fsp3) is 0.278. The molecule has 0 fully saturated rings. The molecule has 0 radical (unpaired) electrons. The summed E-state index contributed by atoms with van der Waals surface area (Å²) in [7, 11) is -4.18. The Hall–Kier alpha value is -4.14. The molecule has 0 heterocycles. The van der Waals surface area contributed by atoms with Crippen LogP contribution in [0.15, 0.2) is 108 Å². The molecule has 0 unspecified atom stereocenters. The van der Waals surface area contributed by atoms with E-state index in [0.717, 1.165) is 26.6 Å². The third-order valence-corrected chi connectivity index (χ3v) is 9.29. The van der Waals surface area contributed by atoms with Crippen molar-refractivity contribution in [2.75, 3.05) is 10.8 Å². The molecule has 4 rings (SSSR count). The topological polar surface area (TPSA) is 86.8 Å². The van der Waals surface area contributed by atoms with Gasteiger partial charge in [-0.15, -0.1) is 0 Å². The van der Waals surface area contributed by atoms with Crippen LogP contribution >= 0.6 is 11.6 Å². The number of halogens is 1. The Morgan fingerprint density at radius 2 is 1.33 bits per heavy atom. The molecule has 1 N–H and O–H groups in total. The second-order valence-electron chi connectivity index (χ2n) is 12.3. The lowest BCUT2D eigenvalue weighted by atomic mass is 10.0. The molecule has 9 heteroatoms. The summed E-state index contributed by atoms with van der Waals surface area (Å²) in [5, 5.41) is 3.47. The molecular formula is C36H40ClN3O4S. The average molecular weight is 646 g/mol. The van der Waals surface area contributed by atoms with E-state index in [4.69, 9.17) is 11.6 Å². The van der Waals surface area contributed by atoms with E-state index >= 15 is 0 Å². The zero-order valence-electron chi connectivity index (χ0n) is 26.3. The first-order valence-corrected chi connectivity index (χ1v) is 16.6. The predicted molar refractivity (Wildman–Crippen MR) is 181 cm³/mol. The molecule has 1 atom stereocenters. The fourth-order valence-corrected chi connectivity index (χ4v) is 6.41. The van der Waals surface area contributed by atoms with E-state index in [2.05, 4.69) is 5.32 Å². The second kappa shape index (κ2) is 14.3. The number of nitrogens with one attached hydrogen (secondary N) is 1. The van der Waals surface area contributed by atoms with Crippen molar-refractivity contribution in [1.29, 1.82) is 0 Å². The van der Waals surface area contributed by atoms with Crippen molar-refractivity contribution in [2.45, 2.75) is 64.1 Å². The van der Waals surface area contributed by atoms with Gasteiger partial charge in [-0.25, -0.2) is 8.42 Å². The number of benzene rings is 4. The van der Waals surface area contributed by atoms with Gasteiger partial charge >= 0.3 is 0 Å². The van der Waals surface area contributed by atoms with Gasteiger partial charge in [-0.1, -0.05) is 89.5 Å². The summed E-state index contributed by atoms with van der Waals surface area (Å²) in [5.74, 6) is -0.850. The molecule has 7 nitrogen and oxygen atoms in total. The minimum atomic E-state index is -4.18. The normalized spacial score (nSPS) is 12.3. The second-order valence-corrected chi connectivity index (χ2v) is 14.6. The Balaban J connectivity index is 1.81.